The van der Waals surface area contributed by atoms with Crippen molar-refractivity contribution in [2.45, 2.75) is 33.4 Å². The van der Waals surface area contributed by atoms with Gasteiger partial charge in [-0.3, -0.25) is 0 Å². The van der Waals surface area contributed by atoms with E-state index in [1.807, 2.05) is 32.9 Å². The van der Waals surface area contributed by atoms with Gasteiger partial charge in [0.25, 0.3) is 0 Å². The second-order valence-electron chi connectivity index (χ2n) is 4.50. The number of nitrogens with two attached hydrogens (primary N) is 1. The average molecular weight is 333 g/mol. The Morgan fingerprint density at radius 1 is 1.32 bits per heavy atom. The molecule has 1 rings (SSSR count). The lowest BCUT2D eigenvalue weighted by Gasteiger charge is -2.16. The Bertz CT molecular complexity index is 397. The highest BCUT2D eigenvalue weighted by Crippen LogP contribution is 2.34. The standard InChI is InChI=1S/C14H22BrNO3/c1-4-18-13-7-11(9-16-5-6-17)12(15)8-14(13)19-10(2)3/h7-8,10,16-17H,4-6,9H2,1-3H3/p+1. The molecule has 0 bridgehead atoms. The lowest BCUT2D eigenvalue weighted by Crippen LogP contribution is -2.83. The van der Waals surface area contributed by atoms with E-state index in [0.29, 0.717) is 13.2 Å². The monoisotopic (exact) mass is 332 g/mol. The van der Waals surface area contributed by atoms with E-state index in [0.717, 1.165) is 28.1 Å². The first-order valence-corrected chi connectivity index (χ1v) is 7.42. The normalized spacial score (nSPS) is 10.8. The molecule has 0 aliphatic carbocycles. The maximum atomic E-state index is 8.81. The Kier molecular flexibility index (Phi) is 7.20. The van der Waals surface area contributed by atoms with Gasteiger partial charge in [0.05, 0.1) is 25.9 Å². The number of hydrogen-bond acceptors (Lipinski definition) is 3. The summed E-state index contributed by atoms with van der Waals surface area (Å²) in [7, 11) is 0. The number of aliphatic hydroxyl groups is 1. The van der Waals surface area contributed by atoms with E-state index in [4.69, 9.17) is 14.6 Å². The minimum absolute atomic E-state index is 0.109. The Morgan fingerprint density at radius 3 is 2.63 bits per heavy atom. The second-order valence-corrected chi connectivity index (χ2v) is 5.35. The van der Waals surface area contributed by atoms with E-state index in [1.165, 1.54) is 0 Å². The molecule has 0 aromatic heterocycles. The van der Waals surface area contributed by atoms with Crippen LogP contribution in [0.15, 0.2) is 16.6 Å². The summed E-state index contributed by atoms with van der Waals surface area (Å²) in [5, 5.41) is 10.9. The van der Waals surface area contributed by atoms with Crippen molar-refractivity contribution >= 4 is 15.9 Å². The van der Waals surface area contributed by atoms with E-state index < -0.39 is 0 Å². The number of aliphatic hydroxyl groups excluding tert-OH is 1. The van der Waals surface area contributed by atoms with Crippen molar-refractivity contribution in [2.24, 2.45) is 0 Å². The van der Waals surface area contributed by atoms with Crippen LogP contribution >= 0.6 is 15.9 Å². The van der Waals surface area contributed by atoms with Crippen LogP contribution in [0.2, 0.25) is 0 Å². The van der Waals surface area contributed by atoms with E-state index in [1.54, 1.807) is 0 Å². The van der Waals surface area contributed by atoms with Crippen LogP contribution in [0.5, 0.6) is 11.5 Å². The van der Waals surface area contributed by atoms with Crippen molar-refractivity contribution in [3.63, 3.8) is 0 Å². The van der Waals surface area contributed by atoms with Crippen molar-refractivity contribution in [3.8, 4) is 11.5 Å². The summed E-state index contributed by atoms with van der Waals surface area (Å²) < 4.78 is 12.4. The van der Waals surface area contributed by atoms with Gasteiger partial charge in [-0.15, -0.1) is 0 Å². The summed E-state index contributed by atoms with van der Waals surface area (Å²) in [5.74, 6) is 1.53. The van der Waals surface area contributed by atoms with Gasteiger partial charge in [0.1, 0.15) is 6.54 Å². The Morgan fingerprint density at radius 2 is 2.05 bits per heavy atom. The fourth-order valence-corrected chi connectivity index (χ4v) is 2.18. The van der Waals surface area contributed by atoms with Crippen LogP contribution in [-0.4, -0.2) is 31.0 Å². The third kappa shape index (κ3) is 5.38. The van der Waals surface area contributed by atoms with Crippen LogP contribution < -0.4 is 14.8 Å². The molecule has 0 spiro atoms. The smallest absolute Gasteiger partial charge is 0.162 e. The van der Waals surface area contributed by atoms with Gasteiger partial charge in [-0.1, -0.05) is 15.9 Å². The van der Waals surface area contributed by atoms with Crippen LogP contribution in [0, 0.1) is 0 Å². The SMILES string of the molecule is CCOc1cc(C[NH2+]CCO)c(Br)cc1OC(C)C. The summed E-state index contributed by atoms with van der Waals surface area (Å²) in [6.45, 7) is 8.22. The second kappa shape index (κ2) is 8.40. The first kappa shape index (κ1) is 16.3. The highest BCUT2D eigenvalue weighted by molar-refractivity contribution is 9.10. The molecule has 0 aliphatic rings. The molecular formula is C14H23BrNO3+. The number of halogens is 1. The molecule has 108 valence electrons. The van der Waals surface area contributed by atoms with Crippen molar-refractivity contribution < 1.29 is 19.9 Å². The minimum atomic E-state index is 0.109. The minimum Gasteiger partial charge on any atom is -0.490 e. The van der Waals surface area contributed by atoms with E-state index in [9.17, 15) is 0 Å². The maximum Gasteiger partial charge on any atom is 0.162 e. The lowest BCUT2D eigenvalue weighted by molar-refractivity contribution is -0.671. The highest BCUT2D eigenvalue weighted by Gasteiger charge is 2.12. The fourth-order valence-electron chi connectivity index (χ4n) is 1.70. The van der Waals surface area contributed by atoms with Gasteiger partial charge in [-0.25, -0.2) is 0 Å². The van der Waals surface area contributed by atoms with Gasteiger partial charge >= 0.3 is 0 Å². The molecule has 19 heavy (non-hydrogen) atoms. The number of benzene rings is 1. The number of ether oxygens (including phenoxy) is 2. The maximum absolute atomic E-state index is 8.81. The van der Waals surface area contributed by atoms with Gasteiger partial charge in [0.15, 0.2) is 11.5 Å². The number of rotatable bonds is 8. The molecule has 0 aliphatic heterocycles. The van der Waals surface area contributed by atoms with Crippen molar-refractivity contribution in [2.75, 3.05) is 19.8 Å². The molecule has 0 radical (unpaired) electrons. The first-order chi connectivity index (χ1) is 9.08. The quantitative estimate of drug-likeness (QED) is 0.712. The molecule has 0 amide bonds. The number of hydrogen-bond donors (Lipinski definition) is 2. The molecule has 0 fully saturated rings. The van der Waals surface area contributed by atoms with Gasteiger partial charge in [-0.05, 0) is 32.9 Å². The third-order valence-corrected chi connectivity index (χ3v) is 3.21. The fraction of sp³-hybridized carbons (Fsp3) is 0.571. The van der Waals surface area contributed by atoms with Crippen LogP contribution in [0.4, 0.5) is 0 Å². The molecule has 0 atom stereocenters. The molecule has 0 heterocycles. The summed E-state index contributed by atoms with van der Waals surface area (Å²) in [6.07, 6.45) is 0.109. The predicted octanol–water partition coefficient (Wildman–Crippen LogP) is 1.69. The van der Waals surface area contributed by atoms with Gasteiger partial charge in [-0.2, -0.15) is 0 Å². The molecule has 1 aromatic carbocycles. The molecule has 0 saturated carbocycles. The predicted molar refractivity (Wildman–Crippen MR) is 78.7 cm³/mol. The van der Waals surface area contributed by atoms with E-state index in [2.05, 4.69) is 21.2 Å². The summed E-state index contributed by atoms with van der Waals surface area (Å²) in [6, 6.07) is 3.95. The van der Waals surface area contributed by atoms with Crippen molar-refractivity contribution in [1.82, 2.24) is 0 Å². The molecule has 1 aromatic rings. The van der Waals surface area contributed by atoms with Gasteiger partial charge in [0, 0.05) is 10.0 Å². The van der Waals surface area contributed by atoms with Crippen molar-refractivity contribution in [3.05, 3.63) is 22.2 Å². The largest absolute Gasteiger partial charge is 0.490 e. The molecule has 4 nitrogen and oxygen atoms in total. The molecule has 0 saturated heterocycles. The van der Waals surface area contributed by atoms with Crippen LogP contribution in [0.1, 0.15) is 26.3 Å². The van der Waals surface area contributed by atoms with Crippen LogP contribution in [-0.2, 0) is 6.54 Å². The summed E-state index contributed by atoms with van der Waals surface area (Å²) in [5.41, 5.74) is 1.13. The molecule has 3 N–H and O–H groups in total. The zero-order valence-electron chi connectivity index (χ0n) is 11.8. The van der Waals surface area contributed by atoms with Crippen molar-refractivity contribution in [1.29, 1.82) is 0 Å². The number of quaternary nitrogens is 1. The van der Waals surface area contributed by atoms with E-state index in [-0.39, 0.29) is 12.7 Å². The highest BCUT2D eigenvalue weighted by atomic mass is 79.9. The van der Waals surface area contributed by atoms with Gasteiger partial charge < -0.3 is 19.9 Å². The molecular weight excluding hydrogens is 310 g/mol. The Balaban J connectivity index is 2.91. The zero-order valence-corrected chi connectivity index (χ0v) is 13.4. The summed E-state index contributed by atoms with van der Waals surface area (Å²) >= 11 is 3.56. The summed E-state index contributed by atoms with van der Waals surface area (Å²) in [4.78, 5) is 0. The van der Waals surface area contributed by atoms with Crippen LogP contribution in [0.25, 0.3) is 0 Å². The third-order valence-electron chi connectivity index (χ3n) is 2.47. The van der Waals surface area contributed by atoms with Gasteiger partial charge in [0.2, 0.25) is 0 Å². The average Bonchev–Trinajstić information content (AvgIpc) is 2.34. The van der Waals surface area contributed by atoms with E-state index >= 15 is 0 Å². The Labute approximate surface area is 123 Å². The lowest BCUT2D eigenvalue weighted by atomic mass is 10.2. The first-order valence-electron chi connectivity index (χ1n) is 6.62. The topological polar surface area (TPSA) is 55.3 Å². The van der Waals surface area contributed by atoms with Crippen LogP contribution in [0.3, 0.4) is 0 Å². The molecule has 5 heteroatoms. The zero-order chi connectivity index (χ0) is 14.3. The Hall–Kier alpha value is -0.780. The molecule has 0 unspecified atom stereocenters.